The average Bonchev–Trinajstić information content (AvgIpc) is 2.39. The zero-order valence-corrected chi connectivity index (χ0v) is 10.0. The Hall–Kier alpha value is -2.09. The minimum absolute atomic E-state index is 0.258. The van der Waals surface area contributed by atoms with Gasteiger partial charge in [-0.15, -0.1) is 0 Å². The van der Waals surface area contributed by atoms with E-state index in [1.165, 1.54) is 7.11 Å². The van der Waals surface area contributed by atoms with Crippen LogP contribution in [-0.2, 0) is 9.53 Å². The summed E-state index contributed by atoms with van der Waals surface area (Å²) in [7, 11) is 1.36. The first kappa shape index (κ1) is 13.0. The Morgan fingerprint density at radius 3 is 3.00 bits per heavy atom. The quantitative estimate of drug-likeness (QED) is 0.718. The van der Waals surface area contributed by atoms with E-state index in [4.69, 9.17) is 5.26 Å². The normalized spacial score (nSPS) is 9.47. The lowest BCUT2D eigenvalue weighted by Crippen LogP contribution is -2.27. The van der Waals surface area contributed by atoms with E-state index in [-0.39, 0.29) is 5.97 Å². The van der Waals surface area contributed by atoms with Crippen LogP contribution in [0, 0.1) is 11.3 Å². The van der Waals surface area contributed by atoms with Gasteiger partial charge in [0.05, 0.1) is 31.0 Å². The molecule has 0 aromatic carbocycles. The number of hydrogen-bond acceptors (Lipinski definition) is 5. The van der Waals surface area contributed by atoms with E-state index in [2.05, 4.69) is 15.8 Å². The van der Waals surface area contributed by atoms with Crippen molar-refractivity contribution in [2.75, 3.05) is 25.1 Å². The summed E-state index contributed by atoms with van der Waals surface area (Å²) in [4.78, 5) is 17.0. The van der Waals surface area contributed by atoms with Crippen LogP contribution in [0.15, 0.2) is 18.5 Å². The summed E-state index contributed by atoms with van der Waals surface area (Å²) < 4.78 is 4.59. The first-order valence-electron chi connectivity index (χ1n) is 5.38. The predicted octanol–water partition coefficient (Wildman–Crippen LogP) is 1.34. The molecule has 0 atom stereocenters. The van der Waals surface area contributed by atoms with E-state index in [9.17, 15) is 4.79 Å². The number of anilines is 1. The molecule has 0 aliphatic rings. The molecule has 0 aliphatic carbocycles. The molecule has 0 unspecified atom stereocenters. The second kappa shape index (κ2) is 6.48. The summed E-state index contributed by atoms with van der Waals surface area (Å²) in [5.41, 5.74) is 1.31. The van der Waals surface area contributed by atoms with Crippen molar-refractivity contribution in [3.8, 4) is 6.07 Å². The molecule has 1 aromatic heterocycles. The van der Waals surface area contributed by atoms with E-state index in [0.29, 0.717) is 25.1 Å². The van der Waals surface area contributed by atoms with Crippen LogP contribution in [0.1, 0.15) is 18.9 Å². The Bertz CT molecular complexity index is 426. The topological polar surface area (TPSA) is 66.2 Å². The van der Waals surface area contributed by atoms with Gasteiger partial charge in [-0.3, -0.25) is 9.78 Å². The Labute approximate surface area is 101 Å². The summed E-state index contributed by atoms with van der Waals surface area (Å²) in [5, 5.41) is 8.99. The maximum absolute atomic E-state index is 11.1. The number of aromatic nitrogens is 1. The van der Waals surface area contributed by atoms with Gasteiger partial charge in [-0.25, -0.2) is 0 Å². The molecule has 0 saturated heterocycles. The third-order valence-electron chi connectivity index (χ3n) is 2.46. The smallest absolute Gasteiger partial charge is 0.307 e. The molecule has 5 heteroatoms. The first-order valence-corrected chi connectivity index (χ1v) is 5.38. The highest BCUT2D eigenvalue weighted by Gasteiger charge is 2.11. The van der Waals surface area contributed by atoms with E-state index >= 15 is 0 Å². The molecule has 17 heavy (non-hydrogen) atoms. The van der Waals surface area contributed by atoms with Crippen molar-refractivity contribution >= 4 is 11.7 Å². The van der Waals surface area contributed by atoms with Gasteiger partial charge in [0.1, 0.15) is 6.07 Å². The summed E-state index contributed by atoms with van der Waals surface area (Å²) in [5.74, 6) is -0.258. The van der Waals surface area contributed by atoms with Crippen molar-refractivity contribution in [1.82, 2.24) is 4.98 Å². The van der Waals surface area contributed by atoms with Gasteiger partial charge in [0.25, 0.3) is 0 Å². The van der Waals surface area contributed by atoms with Gasteiger partial charge in [-0.05, 0) is 13.0 Å². The average molecular weight is 233 g/mol. The summed E-state index contributed by atoms with van der Waals surface area (Å²) >= 11 is 0. The monoisotopic (exact) mass is 233 g/mol. The fraction of sp³-hybridized carbons (Fsp3) is 0.417. The maximum Gasteiger partial charge on any atom is 0.307 e. The van der Waals surface area contributed by atoms with Crippen molar-refractivity contribution < 1.29 is 9.53 Å². The zero-order valence-electron chi connectivity index (χ0n) is 10.0. The highest BCUT2D eigenvalue weighted by atomic mass is 16.5. The Morgan fingerprint density at radius 1 is 1.65 bits per heavy atom. The summed E-state index contributed by atoms with van der Waals surface area (Å²) in [6.45, 7) is 3.19. The standard InChI is InChI=1S/C12H15N3O2/c1-3-15(7-5-12(16)17-2)11-9-14-6-4-10(11)8-13/h4,6,9H,3,5,7H2,1-2H3. The lowest BCUT2D eigenvalue weighted by Gasteiger charge is -2.22. The van der Waals surface area contributed by atoms with Gasteiger partial charge in [-0.2, -0.15) is 5.26 Å². The lowest BCUT2D eigenvalue weighted by atomic mass is 10.2. The molecule has 0 amide bonds. The van der Waals surface area contributed by atoms with Crippen molar-refractivity contribution in [3.05, 3.63) is 24.0 Å². The van der Waals surface area contributed by atoms with Crippen LogP contribution in [0.2, 0.25) is 0 Å². The van der Waals surface area contributed by atoms with E-state index in [1.807, 2.05) is 11.8 Å². The van der Waals surface area contributed by atoms with Crippen LogP contribution >= 0.6 is 0 Å². The van der Waals surface area contributed by atoms with Crippen LogP contribution in [0.3, 0.4) is 0 Å². The van der Waals surface area contributed by atoms with Crippen molar-refractivity contribution in [3.63, 3.8) is 0 Å². The Kier molecular flexibility index (Phi) is 4.95. The number of carbonyl (C=O) groups is 1. The second-order valence-corrected chi connectivity index (χ2v) is 3.41. The van der Waals surface area contributed by atoms with E-state index < -0.39 is 0 Å². The second-order valence-electron chi connectivity index (χ2n) is 3.41. The Balaban J connectivity index is 2.80. The van der Waals surface area contributed by atoms with Crippen molar-refractivity contribution in [2.45, 2.75) is 13.3 Å². The predicted molar refractivity (Wildman–Crippen MR) is 63.5 cm³/mol. The van der Waals surface area contributed by atoms with E-state index in [1.54, 1.807) is 18.5 Å². The molecular formula is C12H15N3O2. The van der Waals surface area contributed by atoms with Gasteiger partial charge in [-0.1, -0.05) is 0 Å². The third kappa shape index (κ3) is 3.45. The first-order chi connectivity index (χ1) is 8.22. The van der Waals surface area contributed by atoms with Gasteiger partial charge in [0.15, 0.2) is 0 Å². The minimum atomic E-state index is -0.258. The summed E-state index contributed by atoms with van der Waals surface area (Å²) in [6, 6.07) is 3.78. The molecule has 1 rings (SSSR count). The largest absolute Gasteiger partial charge is 0.469 e. The SMILES string of the molecule is CCN(CCC(=O)OC)c1cnccc1C#N. The number of pyridine rings is 1. The fourth-order valence-electron chi connectivity index (χ4n) is 1.51. The van der Waals surface area contributed by atoms with Gasteiger partial charge in [0, 0.05) is 19.3 Å². The van der Waals surface area contributed by atoms with Gasteiger partial charge < -0.3 is 9.64 Å². The molecule has 90 valence electrons. The molecule has 0 radical (unpaired) electrons. The number of rotatable bonds is 5. The summed E-state index contributed by atoms with van der Waals surface area (Å²) in [6.07, 6.45) is 3.51. The van der Waals surface area contributed by atoms with Crippen LogP contribution in [0.25, 0.3) is 0 Å². The highest BCUT2D eigenvalue weighted by molar-refractivity contribution is 5.70. The molecule has 0 N–H and O–H groups in total. The van der Waals surface area contributed by atoms with Crippen LogP contribution < -0.4 is 4.90 Å². The third-order valence-corrected chi connectivity index (χ3v) is 2.46. The molecule has 0 aliphatic heterocycles. The number of ether oxygens (including phenoxy) is 1. The molecule has 0 fully saturated rings. The van der Waals surface area contributed by atoms with Crippen LogP contribution in [-0.4, -0.2) is 31.2 Å². The molecule has 1 heterocycles. The molecule has 0 saturated carbocycles. The van der Waals surface area contributed by atoms with Crippen molar-refractivity contribution in [2.24, 2.45) is 0 Å². The molecular weight excluding hydrogens is 218 g/mol. The lowest BCUT2D eigenvalue weighted by molar-refractivity contribution is -0.140. The highest BCUT2D eigenvalue weighted by Crippen LogP contribution is 2.18. The van der Waals surface area contributed by atoms with Crippen molar-refractivity contribution in [1.29, 1.82) is 5.26 Å². The number of methoxy groups -OCH3 is 1. The van der Waals surface area contributed by atoms with Crippen LogP contribution in [0.5, 0.6) is 0 Å². The number of nitriles is 1. The van der Waals surface area contributed by atoms with Gasteiger partial charge >= 0.3 is 5.97 Å². The molecule has 0 bridgehead atoms. The fourth-order valence-corrected chi connectivity index (χ4v) is 1.51. The zero-order chi connectivity index (χ0) is 12.7. The molecule has 1 aromatic rings. The van der Waals surface area contributed by atoms with Crippen LogP contribution in [0.4, 0.5) is 5.69 Å². The molecule has 5 nitrogen and oxygen atoms in total. The number of esters is 1. The Morgan fingerprint density at radius 2 is 2.41 bits per heavy atom. The van der Waals surface area contributed by atoms with E-state index in [0.717, 1.165) is 5.69 Å². The number of nitrogens with zero attached hydrogens (tertiary/aromatic N) is 3. The van der Waals surface area contributed by atoms with Gasteiger partial charge in [0.2, 0.25) is 0 Å². The molecule has 0 spiro atoms. The number of hydrogen-bond donors (Lipinski definition) is 0. The minimum Gasteiger partial charge on any atom is -0.469 e. The maximum atomic E-state index is 11.1. The number of carbonyl (C=O) groups excluding carboxylic acids is 1.